The molecule has 0 aromatic heterocycles. The molecule has 0 heterocycles. The van der Waals surface area contributed by atoms with E-state index in [1.54, 1.807) is 0 Å². The summed E-state index contributed by atoms with van der Waals surface area (Å²) in [6.07, 6.45) is 87.4. The normalized spacial score (nSPS) is 12.8. The summed E-state index contributed by atoms with van der Waals surface area (Å²) in [7, 11) is 0. The maximum absolute atomic E-state index is 12.3. The number of carbonyl (C=O) groups excluding carboxylic acids is 2. The summed E-state index contributed by atoms with van der Waals surface area (Å²) in [6.45, 7) is 4.02. The lowest BCUT2D eigenvalue weighted by molar-refractivity contribution is -0.161. The van der Waals surface area contributed by atoms with E-state index in [2.05, 4.69) is 98.9 Å². The third-order valence-electron chi connectivity index (χ3n) is 13.7. The van der Waals surface area contributed by atoms with E-state index in [-0.39, 0.29) is 25.2 Å². The zero-order valence-electron chi connectivity index (χ0n) is 47.7. The predicted molar refractivity (Wildman–Crippen MR) is 316 cm³/mol. The van der Waals surface area contributed by atoms with Crippen LogP contribution in [0.1, 0.15) is 309 Å². The molecule has 72 heavy (non-hydrogen) atoms. The Labute approximate surface area is 447 Å². The summed E-state index contributed by atoms with van der Waals surface area (Å²) < 4.78 is 10.7. The third-order valence-corrected chi connectivity index (χ3v) is 13.7. The van der Waals surface area contributed by atoms with Crippen molar-refractivity contribution in [1.29, 1.82) is 0 Å². The molecular formula is C67H118O5. The Morgan fingerprint density at radius 3 is 0.903 bits per heavy atom. The van der Waals surface area contributed by atoms with Crippen molar-refractivity contribution in [3.05, 3.63) is 85.1 Å². The van der Waals surface area contributed by atoms with Crippen molar-refractivity contribution in [1.82, 2.24) is 0 Å². The Balaban J connectivity index is 3.40. The fraction of sp³-hybridized carbons (Fsp3) is 0.761. The fourth-order valence-electron chi connectivity index (χ4n) is 9.03. The largest absolute Gasteiger partial charge is 0.462 e. The van der Waals surface area contributed by atoms with Crippen molar-refractivity contribution in [2.45, 2.75) is 315 Å². The molecule has 0 spiro atoms. The number of hydrogen-bond acceptors (Lipinski definition) is 5. The monoisotopic (exact) mass is 1000 g/mol. The van der Waals surface area contributed by atoms with Crippen LogP contribution in [-0.4, -0.2) is 36.4 Å². The second kappa shape index (κ2) is 62.4. The van der Waals surface area contributed by atoms with Gasteiger partial charge < -0.3 is 14.6 Å². The average Bonchev–Trinajstić information content (AvgIpc) is 3.38. The van der Waals surface area contributed by atoms with Gasteiger partial charge in [-0.15, -0.1) is 0 Å². The molecule has 0 saturated carbocycles. The first-order valence-electron chi connectivity index (χ1n) is 31.1. The molecule has 0 aliphatic carbocycles. The van der Waals surface area contributed by atoms with Crippen LogP contribution in [0.4, 0.5) is 0 Å². The number of allylic oxidation sites excluding steroid dienone is 14. The molecule has 1 unspecified atom stereocenters. The lowest BCUT2D eigenvalue weighted by atomic mass is 10.0. The third kappa shape index (κ3) is 59.6. The van der Waals surface area contributed by atoms with Gasteiger partial charge in [0, 0.05) is 12.8 Å². The molecule has 0 amide bonds. The van der Waals surface area contributed by atoms with Crippen molar-refractivity contribution >= 4 is 11.9 Å². The van der Waals surface area contributed by atoms with Crippen LogP contribution in [0, 0.1) is 0 Å². The van der Waals surface area contributed by atoms with Crippen LogP contribution in [0.15, 0.2) is 85.1 Å². The van der Waals surface area contributed by atoms with Gasteiger partial charge >= 0.3 is 11.9 Å². The van der Waals surface area contributed by atoms with Gasteiger partial charge in [-0.05, 0) is 89.9 Å². The summed E-state index contributed by atoms with van der Waals surface area (Å²) in [4.78, 5) is 24.5. The van der Waals surface area contributed by atoms with E-state index in [4.69, 9.17) is 9.47 Å². The van der Waals surface area contributed by atoms with Gasteiger partial charge in [0.15, 0.2) is 6.10 Å². The first-order chi connectivity index (χ1) is 35.6. The standard InChI is InChI=1S/C67H118O5/c1-3-5-7-9-11-13-15-17-19-21-22-23-24-25-26-27-28-29-30-31-32-33-34-35-36-37-38-39-40-41-42-43-44-46-48-50-52-54-56-58-60-62-67(70)72-65(63-68)64-71-66(69)61-59-57-55-53-51-49-47-45-20-18-16-14-12-10-8-6-4-2/h5,7,11-14,17-20,22-23,25-26,65,68H,3-4,6,8-10,15-16,21,24,27-64H2,1-2H3/b7-5-,13-11-,14-12-,19-17-,20-18-,23-22-,26-25-. The minimum Gasteiger partial charge on any atom is -0.462 e. The predicted octanol–water partition coefficient (Wildman–Crippen LogP) is 21.3. The van der Waals surface area contributed by atoms with E-state index in [1.165, 1.54) is 199 Å². The first-order valence-corrected chi connectivity index (χ1v) is 31.1. The Hall–Kier alpha value is -2.92. The molecule has 0 aliphatic rings. The number of unbranched alkanes of at least 4 members (excludes halogenated alkanes) is 35. The zero-order chi connectivity index (χ0) is 52.0. The Morgan fingerprint density at radius 2 is 0.597 bits per heavy atom. The Kier molecular flexibility index (Phi) is 59.8. The van der Waals surface area contributed by atoms with E-state index >= 15 is 0 Å². The van der Waals surface area contributed by atoms with Crippen LogP contribution in [0.5, 0.6) is 0 Å². The van der Waals surface area contributed by atoms with Crippen LogP contribution in [0.3, 0.4) is 0 Å². The summed E-state index contributed by atoms with van der Waals surface area (Å²) >= 11 is 0. The summed E-state index contributed by atoms with van der Waals surface area (Å²) in [5.74, 6) is -0.588. The number of hydrogen-bond donors (Lipinski definition) is 1. The quantitative estimate of drug-likeness (QED) is 0.0373. The molecule has 5 heteroatoms. The molecule has 0 radical (unpaired) electrons. The second-order valence-electron chi connectivity index (χ2n) is 20.8. The van der Waals surface area contributed by atoms with Crippen molar-refractivity contribution in [3.63, 3.8) is 0 Å². The number of rotatable bonds is 57. The summed E-state index contributed by atoms with van der Waals surface area (Å²) in [6, 6.07) is 0. The number of aliphatic hydroxyl groups is 1. The zero-order valence-corrected chi connectivity index (χ0v) is 47.7. The van der Waals surface area contributed by atoms with Gasteiger partial charge in [-0.1, -0.05) is 292 Å². The van der Waals surface area contributed by atoms with Crippen molar-refractivity contribution in [3.8, 4) is 0 Å². The number of ether oxygens (including phenoxy) is 2. The minimum atomic E-state index is -0.776. The summed E-state index contributed by atoms with van der Waals surface area (Å²) in [5.41, 5.74) is 0. The van der Waals surface area contributed by atoms with Crippen LogP contribution >= 0.6 is 0 Å². The molecule has 0 aliphatic heterocycles. The van der Waals surface area contributed by atoms with E-state index < -0.39 is 6.10 Å². The van der Waals surface area contributed by atoms with Gasteiger partial charge in [-0.25, -0.2) is 0 Å². The van der Waals surface area contributed by atoms with Crippen LogP contribution in [0.2, 0.25) is 0 Å². The lowest BCUT2D eigenvalue weighted by Gasteiger charge is -2.15. The molecule has 0 fully saturated rings. The second-order valence-corrected chi connectivity index (χ2v) is 20.8. The van der Waals surface area contributed by atoms with E-state index in [9.17, 15) is 14.7 Å². The average molecular weight is 1000 g/mol. The lowest BCUT2D eigenvalue weighted by Crippen LogP contribution is -2.28. The molecule has 0 rings (SSSR count). The molecule has 0 aromatic rings. The van der Waals surface area contributed by atoms with Crippen LogP contribution in [-0.2, 0) is 19.1 Å². The van der Waals surface area contributed by atoms with Gasteiger partial charge in [-0.2, -0.15) is 0 Å². The smallest absolute Gasteiger partial charge is 0.306 e. The van der Waals surface area contributed by atoms with Gasteiger partial charge in [-0.3, -0.25) is 9.59 Å². The topological polar surface area (TPSA) is 72.8 Å². The molecule has 1 atom stereocenters. The van der Waals surface area contributed by atoms with Crippen molar-refractivity contribution in [2.24, 2.45) is 0 Å². The van der Waals surface area contributed by atoms with Crippen LogP contribution < -0.4 is 0 Å². The number of aliphatic hydroxyl groups excluding tert-OH is 1. The van der Waals surface area contributed by atoms with E-state index in [1.807, 2.05) is 0 Å². The maximum Gasteiger partial charge on any atom is 0.306 e. The van der Waals surface area contributed by atoms with Crippen LogP contribution in [0.25, 0.3) is 0 Å². The highest BCUT2D eigenvalue weighted by atomic mass is 16.6. The van der Waals surface area contributed by atoms with Gasteiger partial charge in [0.05, 0.1) is 6.61 Å². The Bertz CT molecular complexity index is 1320. The fourth-order valence-corrected chi connectivity index (χ4v) is 9.03. The number of carbonyl (C=O) groups is 2. The van der Waals surface area contributed by atoms with Gasteiger partial charge in [0.2, 0.25) is 0 Å². The SMILES string of the molecule is CC/C=C\C/C=C\C/C=C\C/C=C\C/C=C\CCCCCCCCCCCCCCCCCCCCCCCCCCCC(=O)OC(CO)COC(=O)CCCCCCCCC/C=C\C/C=C\CCCCC. The maximum atomic E-state index is 12.3. The van der Waals surface area contributed by atoms with Crippen molar-refractivity contribution in [2.75, 3.05) is 13.2 Å². The minimum absolute atomic E-state index is 0.0684. The van der Waals surface area contributed by atoms with Gasteiger partial charge in [0.25, 0.3) is 0 Å². The highest BCUT2D eigenvalue weighted by Gasteiger charge is 2.16. The van der Waals surface area contributed by atoms with E-state index in [0.29, 0.717) is 12.8 Å². The van der Waals surface area contributed by atoms with Gasteiger partial charge in [0.1, 0.15) is 6.61 Å². The van der Waals surface area contributed by atoms with E-state index in [0.717, 1.165) is 83.5 Å². The highest BCUT2D eigenvalue weighted by Crippen LogP contribution is 2.17. The Morgan fingerprint density at radius 1 is 0.333 bits per heavy atom. The molecule has 416 valence electrons. The molecule has 0 aromatic carbocycles. The molecule has 5 nitrogen and oxygen atoms in total. The van der Waals surface area contributed by atoms with Crippen molar-refractivity contribution < 1.29 is 24.2 Å². The highest BCUT2D eigenvalue weighted by molar-refractivity contribution is 5.70. The number of esters is 2. The molecule has 0 bridgehead atoms. The molecular weight excluding hydrogens is 885 g/mol. The summed E-state index contributed by atoms with van der Waals surface area (Å²) in [5, 5.41) is 9.65. The molecule has 0 saturated heterocycles. The molecule has 1 N–H and O–H groups in total. The first kappa shape index (κ1) is 69.1.